The summed E-state index contributed by atoms with van der Waals surface area (Å²) in [4.78, 5) is 4.39. The van der Waals surface area contributed by atoms with Gasteiger partial charge in [-0.1, -0.05) is 20.8 Å². The monoisotopic (exact) mass is 221 g/mol. The van der Waals surface area contributed by atoms with Crippen LogP contribution in [0, 0.1) is 25.7 Å². The molecule has 0 saturated heterocycles. The summed E-state index contributed by atoms with van der Waals surface area (Å²) in [5.41, 5.74) is 2.02. The van der Waals surface area contributed by atoms with Gasteiger partial charge in [0, 0.05) is 5.69 Å². The lowest BCUT2D eigenvalue weighted by Crippen LogP contribution is -2.11. The first-order chi connectivity index (χ1) is 7.49. The van der Waals surface area contributed by atoms with Crippen LogP contribution in [0.1, 0.15) is 38.6 Å². The molecule has 0 fully saturated rings. The second kappa shape index (κ2) is 5.88. The van der Waals surface area contributed by atoms with Crippen molar-refractivity contribution in [3.63, 3.8) is 0 Å². The van der Waals surface area contributed by atoms with Crippen LogP contribution in [-0.2, 0) is 0 Å². The van der Waals surface area contributed by atoms with E-state index < -0.39 is 0 Å². The highest BCUT2D eigenvalue weighted by atomic mass is 16.5. The summed E-state index contributed by atoms with van der Waals surface area (Å²) < 4.78 is 5.79. The Labute approximate surface area is 99.0 Å². The number of pyridine rings is 1. The number of hydrogen-bond acceptors (Lipinski definition) is 2. The normalized spacial score (nSPS) is 12.9. The number of rotatable bonds is 5. The Morgan fingerprint density at radius 1 is 1.19 bits per heavy atom. The molecule has 16 heavy (non-hydrogen) atoms. The lowest BCUT2D eigenvalue weighted by Gasteiger charge is -2.16. The fourth-order valence-electron chi connectivity index (χ4n) is 1.93. The lowest BCUT2D eigenvalue weighted by molar-refractivity contribution is 0.237. The molecule has 0 spiro atoms. The van der Waals surface area contributed by atoms with Crippen LogP contribution in [0.15, 0.2) is 12.1 Å². The smallest absolute Gasteiger partial charge is 0.140 e. The molecule has 0 N–H and O–H groups in total. The van der Waals surface area contributed by atoms with Crippen LogP contribution in [0.4, 0.5) is 0 Å². The van der Waals surface area contributed by atoms with Crippen LogP contribution in [-0.4, -0.2) is 11.6 Å². The Kier molecular flexibility index (Phi) is 4.78. The third-order valence-corrected chi connectivity index (χ3v) is 2.57. The van der Waals surface area contributed by atoms with E-state index >= 15 is 0 Å². The molecule has 0 bridgehead atoms. The van der Waals surface area contributed by atoms with Gasteiger partial charge in [0.15, 0.2) is 0 Å². The Morgan fingerprint density at radius 3 is 2.44 bits per heavy atom. The molecule has 0 aliphatic carbocycles. The molecule has 1 aromatic rings. The largest absolute Gasteiger partial charge is 0.491 e. The number of aryl methyl sites for hydroxylation is 2. The SMILES string of the molecule is Cc1ccc(OCC(C)CC(C)C)c(C)n1. The fourth-order valence-corrected chi connectivity index (χ4v) is 1.93. The maximum Gasteiger partial charge on any atom is 0.140 e. The summed E-state index contributed by atoms with van der Waals surface area (Å²) in [7, 11) is 0. The van der Waals surface area contributed by atoms with Gasteiger partial charge < -0.3 is 4.74 Å². The Morgan fingerprint density at radius 2 is 1.88 bits per heavy atom. The first-order valence-electron chi connectivity index (χ1n) is 6.06. The van der Waals surface area contributed by atoms with Gasteiger partial charge in [-0.3, -0.25) is 4.98 Å². The molecule has 1 atom stereocenters. The molecule has 0 aliphatic rings. The van der Waals surface area contributed by atoms with E-state index in [4.69, 9.17) is 4.74 Å². The molecule has 2 nitrogen and oxygen atoms in total. The lowest BCUT2D eigenvalue weighted by atomic mass is 10.00. The van der Waals surface area contributed by atoms with Crippen molar-refractivity contribution in [2.75, 3.05) is 6.61 Å². The average Bonchev–Trinajstić information content (AvgIpc) is 2.15. The molecule has 0 amide bonds. The van der Waals surface area contributed by atoms with Crippen molar-refractivity contribution in [3.8, 4) is 5.75 Å². The highest BCUT2D eigenvalue weighted by Gasteiger charge is 2.07. The van der Waals surface area contributed by atoms with Gasteiger partial charge in [0.05, 0.1) is 12.3 Å². The van der Waals surface area contributed by atoms with Crippen molar-refractivity contribution in [1.82, 2.24) is 4.98 Å². The maximum absolute atomic E-state index is 5.79. The Hall–Kier alpha value is -1.05. The van der Waals surface area contributed by atoms with Crippen molar-refractivity contribution < 1.29 is 4.74 Å². The second-order valence-corrected chi connectivity index (χ2v) is 5.08. The quantitative estimate of drug-likeness (QED) is 0.755. The number of nitrogens with zero attached hydrogens (tertiary/aromatic N) is 1. The van der Waals surface area contributed by atoms with Gasteiger partial charge in [-0.25, -0.2) is 0 Å². The third-order valence-electron chi connectivity index (χ3n) is 2.57. The second-order valence-electron chi connectivity index (χ2n) is 5.08. The average molecular weight is 221 g/mol. The van der Waals surface area contributed by atoms with Gasteiger partial charge in [0.25, 0.3) is 0 Å². The van der Waals surface area contributed by atoms with Gasteiger partial charge in [0.1, 0.15) is 5.75 Å². The van der Waals surface area contributed by atoms with Crippen LogP contribution in [0.2, 0.25) is 0 Å². The molecule has 1 unspecified atom stereocenters. The zero-order valence-corrected chi connectivity index (χ0v) is 11.1. The summed E-state index contributed by atoms with van der Waals surface area (Å²) in [5, 5.41) is 0. The van der Waals surface area contributed by atoms with Crippen LogP contribution >= 0.6 is 0 Å². The van der Waals surface area contributed by atoms with Gasteiger partial charge in [-0.05, 0) is 44.2 Å². The minimum Gasteiger partial charge on any atom is -0.491 e. The summed E-state index contributed by atoms with van der Waals surface area (Å²) in [6, 6.07) is 4.01. The summed E-state index contributed by atoms with van der Waals surface area (Å²) >= 11 is 0. The predicted molar refractivity (Wildman–Crippen MR) is 67.8 cm³/mol. The first kappa shape index (κ1) is 13.0. The van der Waals surface area contributed by atoms with E-state index in [0.717, 1.165) is 29.7 Å². The predicted octanol–water partition coefficient (Wildman–Crippen LogP) is 3.76. The van der Waals surface area contributed by atoms with Crippen molar-refractivity contribution in [2.24, 2.45) is 11.8 Å². The molecule has 90 valence electrons. The van der Waals surface area contributed by atoms with E-state index in [1.54, 1.807) is 0 Å². The molecule has 0 radical (unpaired) electrons. The van der Waals surface area contributed by atoms with Crippen LogP contribution in [0.5, 0.6) is 5.75 Å². The Balaban J connectivity index is 2.48. The van der Waals surface area contributed by atoms with Crippen molar-refractivity contribution in [1.29, 1.82) is 0 Å². The summed E-state index contributed by atoms with van der Waals surface area (Å²) in [6.45, 7) is 11.5. The van der Waals surface area contributed by atoms with Crippen molar-refractivity contribution >= 4 is 0 Å². The van der Waals surface area contributed by atoms with Crippen LogP contribution in [0.3, 0.4) is 0 Å². The minimum absolute atomic E-state index is 0.598. The van der Waals surface area contributed by atoms with Crippen molar-refractivity contribution in [3.05, 3.63) is 23.5 Å². The van der Waals surface area contributed by atoms with Crippen LogP contribution < -0.4 is 4.74 Å². The van der Waals surface area contributed by atoms with Crippen molar-refractivity contribution in [2.45, 2.75) is 41.0 Å². The third kappa shape index (κ3) is 4.21. The number of hydrogen-bond donors (Lipinski definition) is 0. The molecular formula is C14H23NO. The molecular weight excluding hydrogens is 198 g/mol. The summed E-state index contributed by atoms with van der Waals surface area (Å²) in [5.74, 6) is 2.25. The van der Waals surface area contributed by atoms with E-state index in [1.807, 2.05) is 26.0 Å². The van der Waals surface area contributed by atoms with E-state index in [-0.39, 0.29) is 0 Å². The molecule has 0 saturated carbocycles. The van der Waals surface area contributed by atoms with E-state index in [9.17, 15) is 0 Å². The van der Waals surface area contributed by atoms with E-state index in [2.05, 4.69) is 25.8 Å². The molecule has 0 aromatic carbocycles. The van der Waals surface area contributed by atoms with Crippen LogP contribution in [0.25, 0.3) is 0 Å². The van der Waals surface area contributed by atoms with E-state index in [1.165, 1.54) is 6.42 Å². The van der Waals surface area contributed by atoms with Gasteiger partial charge in [0.2, 0.25) is 0 Å². The number of aromatic nitrogens is 1. The highest BCUT2D eigenvalue weighted by molar-refractivity contribution is 5.27. The molecule has 1 heterocycles. The number of ether oxygens (including phenoxy) is 1. The zero-order valence-electron chi connectivity index (χ0n) is 11.1. The topological polar surface area (TPSA) is 22.1 Å². The standard InChI is InChI=1S/C14H23NO/c1-10(2)8-11(3)9-16-14-7-6-12(4)15-13(14)5/h6-7,10-11H,8-9H2,1-5H3. The Bertz CT molecular complexity index is 334. The summed E-state index contributed by atoms with van der Waals surface area (Å²) in [6.07, 6.45) is 1.21. The molecule has 1 aromatic heterocycles. The molecule has 2 heteroatoms. The van der Waals surface area contributed by atoms with Gasteiger partial charge in [-0.2, -0.15) is 0 Å². The first-order valence-corrected chi connectivity index (χ1v) is 6.06. The van der Waals surface area contributed by atoms with Gasteiger partial charge in [-0.15, -0.1) is 0 Å². The molecule has 0 aliphatic heterocycles. The minimum atomic E-state index is 0.598. The van der Waals surface area contributed by atoms with E-state index in [0.29, 0.717) is 5.92 Å². The van der Waals surface area contributed by atoms with Gasteiger partial charge >= 0.3 is 0 Å². The fraction of sp³-hybridized carbons (Fsp3) is 0.643. The molecule has 1 rings (SSSR count). The highest BCUT2D eigenvalue weighted by Crippen LogP contribution is 2.18. The maximum atomic E-state index is 5.79. The zero-order chi connectivity index (χ0) is 12.1.